The number of carbonyl (C=O) groups is 4. The van der Waals surface area contributed by atoms with Gasteiger partial charge in [0, 0.05) is 0 Å². The Morgan fingerprint density at radius 1 is 1.29 bits per heavy atom. The lowest BCUT2D eigenvalue weighted by Gasteiger charge is -2.17. The third-order valence-electron chi connectivity index (χ3n) is 4.61. The molecule has 2 fully saturated rings. The van der Waals surface area contributed by atoms with Crippen LogP contribution in [0.1, 0.15) is 13.3 Å². The molecule has 2 bridgehead atoms. The molecule has 0 aromatic rings. The number of aliphatic carboxylic acids is 1. The number of carboxylic acid groups (broad SMARTS) is 1. The van der Waals surface area contributed by atoms with Crippen LogP contribution in [0.15, 0.2) is 12.2 Å². The van der Waals surface area contributed by atoms with E-state index in [9.17, 15) is 19.2 Å². The molecule has 0 aromatic carbocycles. The number of amides is 3. The summed E-state index contributed by atoms with van der Waals surface area (Å²) in [5.74, 6) is -2.88. The highest BCUT2D eigenvalue weighted by Crippen LogP contribution is 2.52. The SMILES string of the molecule is C[C@H](NC(=O)CN1C(=O)[C@H]2[C@H](C1=O)[C@H]1C=C[C@H]2C1)C(=O)O. The largest absolute Gasteiger partial charge is 0.480 e. The predicted octanol–water partition coefficient (Wildman–Crippen LogP) is -0.617. The summed E-state index contributed by atoms with van der Waals surface area (Å²) in [5.41, 5.74) is 0. The van der Waals surface area contributed by atoms with Gasteiger partial charge < -0.3 is 10.4 Å². The highest BCUT2D eigenvalue weighted by molar-refractivity contribution is 6.08. The minimum Gasteiger partial charge on any atom is -0.480 e. The maximum Gasteiger partial charge on any atom is 0.325 e. The molecule has 1 heterocycles. The molecule has 21 heavy (non-hydrogen) atoms. The standard InChI is InChI=1S/C14H16N2O5/c1-6(14(20)21)15-9(17)5-16-12(18)10-7-2-3-8(4-7)11(10)13(16)19/h2-3,6-8,10-11H,4-5H2,1H3,(H,15,17)(H,20,21)/t6-,7-,8-,10+,11+/m0/s1. The van der Waals surface area contributed by atoms with Gasteiger partial charge in [0.05, 0.1) is 11.8 Å². The van der Waals surface area contributed by atoms with Crippen LogP contribution >= 0.6 is 0 Å². The van der Waals surface area contributed by atoms with Crippen LogP contribution in [0.4, 0.5) is 0 Å². The van der Waals surface area contributed by atoms with Crippen molar-refractivity contribution >= 4 is 23.7 Å². The summed E-state index contributed by atoms with van der Waals surface area (Å²) in [4.78, 5) is 48.1. The van der Waals surface area contributed by atoms with E-state index in [1.807, 2.05) is 12.2 Å². The van der Waals surface area contributed by atoms with Crippen LogP contribution in [-0.2, 0) is 19.2 Å². The van der Waals surface area contributed by atoms with E-state index < -0.39 is 24.5 Å². The van der Waals surface area contributed by atoms with Crippen LogP contribution in [0.5, 0.6) is 0 Å². The maximum atomic E-state index is 12.3. The van der Waals surface area contributed by atoms with Crippen LogP contribution in [0.2, 0.25) is 0 Å². The molecule has 112 valence electrons. The fourth-order valence-corrected chi connectivity index (χ4v) is 3.61. The lowest BCUT2D eigenvalue weighted by molar-refractivity contribution is -0.145. The summed E-state index contributed by atoms with van der Waals surface area (Å²) in [7, 11) is 0. The molecule has 3 amide bonds. The highest BCUT2D eigenvalue weighted by atomic mass is 16.4. The number of nitrogens with one attached hydrogen (secondary N) is 1. The first-order valence-electron chi connectivity index (χ1n) is 6.96. The molecule has 7 heteroatoms. The van der Waals surface area contributed by atoms with E-state index in [1.165, 1.54) is 6.92 Å². The molecule has 0 radical (unpaired) electrons. The van der Waals surface area contributed by atoms with Gasteiger partial charge in [-0.2, -0.15) is 0 Å². The Bertz CT molecular complexity index is 540. The molecular formula is C14H16N2O5. The van der Waals surface area contributed by atoms with Crippen LogP contribution < -0.4 is 5.32 Å². The number of nitrogens with zero attached hydrogens (tertiary/aromatic N) is 1. The van der Waals surface area contributed by atoms with Crippen molar-refractivity contribution in [2.75, 3.05) is 6.54 Å². The summed E-state index contributed by atoms with van der Waals surface area (Å²) in [6.45, 7) is 0.925. The number of fused-ring (bicyclic) bond motifs is 5. The fraction of sp³-hybridized carbons (Fsp3) is 0.571. The third kappa shape index (κ3) is 2.03. The van der Waals surface area contributed by atoms with E-state index in [-0.39, 0.29) is 35.5 Å². The quantitative estimate of drug-likeness (QED) is 0.531. The van der Waals surface area contributed by atoms with Gasteiger partial charge in [-0.05, 0) is 25.2 Å². The van der Waals surface area contributed by atoms with Crippen LogP contribution in [0, 0.1) is 23.7 Å². The van der Waals surface area contributed by atoms with Crippen molar-refractivity contribution in [1.82, 2.24) is 10.2 Å². The maximum absolute atomic E-state index is 12.3. The van der Waals surface area contributed by atoms with Gasteiger partial charge in [0.1, 0.15) is 12.6 Å². The second-order valence-electron chi connectivity index (χ2n) is 5.89. The smallest absolute Gasteiger partial charge is 0.325 e. The molecular weight excluding hydrogens is 276 g/mol. The summed E-state index contributed by atoms with van der Waals surface area (Å²) in [5, 5.41) is 11.0. The number of allylic oxidation sites excluding steroid dienone is 2. The summed E-state index contributed by atoms with van der Waals surface area (Å²) in [6, 6.07) is -1.05. The number of hydrogen-bond donors (Lipinski definition) is 2. The third-order valence-corrected chi connectivity index (χ3v) is 4.61. The average Bonchev–Trinajstić information content (AvgIpc) is 3.08. The average molecular weight is 292 g/mol. The van der Waals surface area contributed by atoms with Crippen molar-refractivity contribution < 1.29 is 24.3 Å². The molecule has 1 saturated carbocycles. The normalized spacial score (nSPS) is 34.2. The van der Waals surface area contributed by atoms with Gasteiger partial charge in [-0.1, -0.05) is 12.2 Å². The fourth-order valence-electron chi connectivity index (χ4n) is 3.61. The first-order valence-corrected chi connectivity index (χ1v) is 6.96. The second kappa shape index (κ2) is 4.68. The first kappa shape index (κ1) is 13.8. The second-order valence-corrected chi connectivity index (χ2v) is 5.89. The molecule has 0 aromatic heterocycles. The van der Waals surface area contributed by atoms with Crippen molar-refractivity contribution in [3.63, 3.8) is 0 Å². The Morgan fingerprint density at radius 2 is 1.81 bits per heavy atom. The summed E-state index contributed by atoms with van der Waals surface area (Å²) < 4.78 is 0. The number of carbonyl (C=O) groups excluding carboxylic acids is 3. The lowest BCUT2D eigenvalue weighted by atomic mass is 9.85. The number of carboxylic acids is 1. The molecule has 3 aliphatic rings. The molecule has 0 unspecified atom stereocenters. The highest BCUT2D eigenvalue weighted by Gasteiger charge is 2.59. The van der Waals surface area contributed by atoms with Gasteiger partial charge in [-0.15, -0.1) is 0 Å². The molecule has 0 spiro atoms. The van der Waals surface area contributed by atoms with E-state index >= 15 is 0 Å². The van der Waals surface area contributed by atoms with Crippen molar-refractivity contribution in [3.05, 3.63) is 12.2 Å². The number of likely N-dealkylation sites (tertiary alicyclic amines) is 1. The Labute approximate surface area is 121 Å². The molecule has 2 aliphatic carbocycles. The molecule has 7 nitrogen and oxygen atoms in total. The topological polar surface area (TPSA) is 104 Å². The monoisotopic (exact) mass is 292 g/mol. The predicted molar refractivity (Wildman–Crippen MR) is 69.7 cm³/mol. The minimum absolute atomic E-state index is 0.0995. The van der Waals surface area contributed by atoms with Gasteiger partial charge in [0.2, 0.25) is 17.7 Å². The van der Waals surface area contributed by atoms with Crippen LogP contribution in [-0.4, -0.2) is 46.3 Å². The van der Waals surface area contributed by atoms with Crippen molar-refractivity contribution in [3.8, 4) is 0 Å². The van der Waals surface area contributed by atoms with Gasteiger partial charge in [-0.25, -0.2) is 0 Å². The first-order chi connectivity index (χ1) is 9.90. The Morgan fingerprint density at radius 3 is 2.29 bits per heavy atom. The summed E-state index contributed by atoms with van der Waals surface area (Å²) >= 11 is 0. The van der Waals surface area contributed by atoms with E-state index in [0.29, 0.717) is 0 Å². The van der Waals surface area contributed by atoms with Gasteiger partial charge in [-0.3, -0.25) is 24.1 Å². The Balaban J connectivity index is 1.68. The van der Waals surface area contributed by atoms with Gasteiger partial charge in [0.15, 0.2) is 0 Å². The van der Waals surface area contributed by atoms with E-state index in [4.69, 9.17) is 5.11 Å². The van der Waals surface area contributed by atoms with Gasteiger partial charge >= 0.3 is 5.97 Å². The summed E-state index contributed by atoms with van der Waals surface area (Å²) in [6.07, 6.45) is 4.79. The zero-order chi connectivity index (χ0) is 15.3. The number of imide groups is 1. The zero-order valence-corrected chi connectivity index (χ0v) is 11.5. The van der Waals surface area contributed by atoms with Crippen molar-refractivity contribution in [1.29, 1.82) is 0 Å². The molecule has 1 aliphatic heterocycles. The van der Waals surface area contributed by atoms with Crippen LogP contribution in [0.25, 0.3) is 0 Å². The Hall–Kier alpha value is -2.18. The lowest BCUT2D eigenvalue weighted by Crippen LogP contribution is -2.46. The molecule has 5 atom stereocenters. The van der Waals surface area contributed by atoms with Crippen LogP contribution in [0.3, 0.4) is 0 Å². The van der Waals surface area contributed by atoms with Crippen molar-refractivity contribution in [2.45, 2.75) is 19.4 Å². The Kier molecular flexibility index (Phi) is 3.07. The molecule has 1 saturated heterocycles. The molecule has 3 rings (SSSR count). The minimum atomic E-state index is -1.17. The van der Waals surface area contributed by atoms with Gasteiger partial charge in [0.25, 0.3) is 0 Å². The number of rotatable bonds is 4. The molecule has 2 N–H and O–H groups in total. The van der Waals surface area contributed by atoms with E-state index in [2.05, 4.69) is 5.32 Å². The van der Waals surface area contributed by atoms with E-state index in [1.54, 1.807) is 0 Å². The van der Waals surface area contributed by atoms with E-state index in [0.717, 1.165) is 11.3 Å². The number of hydrogen-bond acceptors (Lipinski definition) is 4. The van der Waals surface area contributed by atoms with Crippen molar-refractivity contribution in [2.24, 2.45) is 23.7 Å². The zero-order valence-electron chi connectivity index (χ0n) is 11.5.